The van der Waals surface area contributed by atoms with E-state index in [0.717, 1.165) is 16.5 Å². The summed E-state index contributed by atoms with van der Waals surface area (Å²) in [7, 11) is 0. The third-order valence-electron chi connectivity index (χ3n) is 5.47. The van der Waals surface area contributed by atoms with Gasteiger partial charge in [-0.1, -0.05) is 84.9 Å². The van der Waals surface area contributed by atoms with E-state index in [1.165, 1.54) is 4.57 Å². The van der Waals surface area contributed by atoms with Crippen molar-refractivity contribution in [3.63, 3.8) is 0 Å². The fourth-order valence-electron chi connectivity index (χ4n) is 3.80. The molecule has 3 aromatic carbocycles. The Hall–Kier alpha value is -4.66. The van der Waals surface area contributed by atoms with Crippen molar-refractivity contribution in [1.29, 1.82) is 0 Å². The fourth-order valence-corrected chi connectivity index (χ4v) is 3.80. The summed E-state index contributed by atoms with van der Waals surface area (Å²) >= 11 is 0. The third-order valence-corrected chi connectivity index (χ3v) is 5.47. The van der Waals surface area contributed by atoms with Gasteiger partial charge in [0.05, 0.1) is 17.8 Å². The number of nitrogens with one attached hydrogen (secondary N) is 1. The molecule has 178 valence electrons. The van der Waals surface area contributed by atoms with Crippen molar-refractivity contribution in [2.24, 2.45) is 5.10 Å². The van der Waals surface area contributed by atoms with Crippen LogP contribution in [0.2, 0.25) is 0 Å². The van der Waals surface area contributed by atoms with Gasteiger partial charge >= 0.3 is 5.56 Å². The van der Waals surface area contributed by atoms with Crippen LogP contribution in [0.15, 0.2) is 119 Å². The van der Waals surface area contributed by atoms with Crippen molar-refractivity contribution >= 4 is 10.9 Å². The number of pyridine rings is 1. The van der Waals surface area contributed by atoms with E-state index in [1.807, 2.05) is 84.9 Å². The van der Waals surface area contributed by atoms with E-state index >= 15 is 0 Å². The van der Waals surface area contributed by atoms with Crippen molar-refractivity contribution in [3.05, 3.63) is 131 Å². The number of aliphatic hydroxyl groups is 1. The Bertz CT molecular complexity index is 1590. The molecule has 2 heterocycles. The minimum atomic E-state index is -1.45. The van der Waals surface area contributed by atoms with Crippen LogP contribution in [0, 0.1) is 0 Å². The van der Waals surface area contributed by atoms with Crippen LogP contribution in [0.25, 0.3) is 28.0 Å². The maximum atomic E-state index is 13.8. The molecule has 0 fully saturated rings. The summed E-state index contributed by atoms with van der Waals surface area (Å²) in [5, 5.41) is 15.2. The largest absolute Gasteiger partial charge is 0.350 e. The molecule has 5 aromatic rings. The Morgan fingerprint density at radius 3 is 2.33 bits per heavy atom. The molecule has 0 spiro atoms. The van der Waals surface area contributed by atoms with Gasteiger partial charge in [-0.2, -0.15) is 0 Å². The highest BCUT2D eigenvalue weighted by molar-refractivity contribution is 5.92. The molecule has 0 aliphatic heterocycles. The highest BCUT2D eigenvalue weighted by atomic mass is 16.6. The zero-order valence-electron chi connectivity index (χ0n) is 19.2. The van der Waals surface area contributed by atoms with Gasteiger partial charge in [0.25, 0.3) is 6.41 Å². The Balaban J connectivity index is 1.66. The molecular formula is C28H23N5O3. The maximum absolute atomic E-state index is 13.8. The molecule has 8 nitrogen and oxygen atoms in total. The second-order valence-corrected chi connectivity index (χ2v) is 7.89. The van der Waals surface area contributed by atoms with Crippen molar-refractivity contribution in [3.8, 4) is 17.1 Å². The van der Waals surface area contributed by atoms with Gasteiger partial charge in [-0.15, -0.1) is 5.10 Å². The molecule has 2 aromatic heterocycles. The number of fused-ring (bicyclic) bond motifs is 1. The fraction of sp³-hybridized carbons (Fsp3) is 0.0714. The molecule has 1 atom stereocenters. The lowest BCUT2D eigenvalue weighted by Gasteiger charge is -2.10. The molecule has 2 N–H and O–H groups in total. The smallest absolute Gasteiger partial charge is 0.303 e. The molecule has 0 aliphatic carbocycles. The summed E-state index contributed by atoms with van der Waals surface area (Å²) in [5.74, 6) is 0.424. The van der Waals surface area contributed by atoms with E-state index in [1.54, 1.807) is 24.4 Å². The lowest BCUT2D eigenvalue weighted by molar-refractivity contribution is -0.128. The Kier molecular flexibility index (Phi) is 6.88. The number of ether oxygens (including phenoxy) is 1. The van der Waals surface area contributed by atoms with E-state index in [9.17, 15) is 9.90 Å². The number of aromatic nitrogens is 3. The second kappa shape index (κ2) is 10.7. The highest BCUT2D eigenvalue weighted by Crippen LogP contribution is 2.25. The maximum Gasteiger partial charge on any atom is 0.303 e. The van der Waals surface area contributed by atoms with Crippen LogP contribution in [-0.4, -0.2) is 26.1 Å². The predicted molar refractivity (Wildman–Crippen MR) is 137 cm³/mol. The van der Waals surface area contributed by atoms with Crippen LogP contribution < -0.4 is 16.5 Å². The Morgan fingerprint density at radius 2 is 1.58 bits per heavy atom. The van der Waals surface area contributed by atoms with Gasteiger partial charge < -0.3 is 9.84 Å². The SMILES string of the molecule is O=c1/c(=N/NC(O)OCc2ccccc2)nc(-c2ccccc2)c2ccccc2n1-c1ccccn1. The summed E-state index contributed by atoms with van der Waals surface area (Å²) in [6, 6.07) is 31.8. The van der Waals surface area contributed by atoms with Crippen molar-refractivity contribution < 1.29 is 9.84 Å². The van der Waals surface area contributed by atoms with Gasteiger partial charge in [0.1, 0.15) is 5.82 Å². The number of hydrogen-bond acceptors (Lipinski definition) is 7. The topological polar surface area (TPSA) is 102 Å². The summed E-state index contributed by atoms with van der Waals surface area (Å²) in [6.45, 7) is 0.165. The molecule has 0 aliphatic rings. The van der Waals surface area contributed by atoms with Crippen LogP contribution in [0.1, 0.15) is 5.56 Å². The summed E-state index contributed by atoms with van der Waals surface area (Å²) < 4.78 is 6.89. The molecule has 0 saturated carbocycles. The van der Waals surface area contributed by atoms with Gasteiger partial charge in [-0.05, 0) is 23.8 Å². The van der Waals surface area contributed by atoms with Gasteiger partial charge in [-0.25, -0.2) is 9.97 Å². The van der Waals surface area contributed by atoms with E-state index in [2.05, 4.69) is 20.5 Å². The zero-order valence-corrected chi connectivity index (χ0v) is 19.2. The molecule has 5 rings (SSSR count). The quantitative estimate of drug-likeness (QED) is 0.275. The molecular weight excluding hydrogens is 454 g/mol. The first-order valence-electron chi connectivity index (χ1n) is 11.4. The standard InChI is InChI=1S/C28H23N5O3/c34-27-26(31-32-28(35)36-19-20-11-3-1-4-12-20)30-25(21-13-5-2-6-14-21)22-15-7-8-16-23(22)33(27)24-17-9-10-18-29-24/h1-18,28,32,35H,19H2/b31-26-. The average molecular weight is 478 g/mol. The molecule has 0 saturated heterocycles. The minimum Gasteiger partial charge on any atom is -0.350 e. The first kappa shape index (κ1) is 23.1. The average Bonchev–Trinajstić information content (AvgIpc) is 3.06. The molecule has 36 heavy (non-hydrogen) atoms. The predicted octanol–water partition coefficient (Wildman–Crippen LogP) is 3.35. The van der Waals surface area contributed by atoms with Gasteiger partial charge in [0.15, 0.2) is 0 Å². The first-order chi connectivity index (χ1) is 17.7. The zero-order chi connectivity index (χ0) is 24.7. The van der Waals surface area contributed by atoms with Gasteiger partial charge in [-0.3, -0.25) is 14.8 Å². The van der Waals surface area contributed by atoms with Crippen molar-refractivity contribution in [2.45, 2.75) is 13.0 Å². The number of hydrogen-bond donors (Lipinski definition) is 2. The van der Waals surface area contributed by atoms with Crippen LogP contribution in [-0.2, 0) is 11.3 Å². The van der Waals surface area contributed by atoms with E-state index in [4.69, 9.17) is 4.74 Å². The van der Waals surface area contributed by atoms with Crippen LogP contribution >= 0.6 is 0 Å². The van der Waals surface area contributed by atoms with Crippen LogP contribution in [0.5, 0.6) is 0 Å². The monoisotopic (exact) mass is 477 g/mol. The van der Waals surface area contributed by atoms with E-state index in [-0.39, 0.29) is 12.1 Å². The number of aliphatic hydroxyl groups excluding tert-OH is 1. The van der Waals surface area contributed by atoms with E-state index in [0.29, 0.717) is 17.0 Å². The summed E-state index contributed by atoms with van der Waals surface area (Å²) in [5.41, 5.74) is 4.73. The summed E-state index contributed by atoms with van der Waals surface area (Å²) in [4.78, 5) is 22.8. The molecule has 0 amide bonds. The second-order valence-electron chi connectivity index (χ2n) is 7.89. The number of benzene rings is 3. The molecule has 0 bridgehead atoms. The molecule has 1 unspecified atom stereocenters. The molecule has 8 heteroatoms. The normalized spacial score (nSPS) is 12.4. The van der Waals surface area contributed by atoms with Crippen LogP contribution in [0.3, 0.4) is 0 Å². The Labute approximate surface area is 206 Å². The third kappa shape index (κ3) is 5.05. The summed E-state index contributed by atoms with van der Waals surface area (Å²) in [6.07, 6.45) is 0.167. The highest BCUT2D eigenvalue weighted by Gasteiger charge is 2.13. The first-order valence-corrected chi connectivity index (χ1v) is 11.4. The molecule has 0 radical (unpaired) electrons. The van der Waals surface area contributed by atoms with Gasteiger partial charge in [0, 0.05) is 17.1 Å². The van der Waals surface area contributed by atoms with Crippen molar-refractivity contribution in [2.75, 3.05) is 0 Å². The number of para-hydroxylation sites is 1. The van der Waals surface area contributed by atoms with E-state index < -0.39 is 12.0 Å². The minimum absolute atomic E-state index is 0.155. The van der Waals surface area contributed by atoms with Gasteiger partial charge in [0.2, 0.25) is 5.49 Å². The lowest BCUT2D eigenvalue weighted by Crippen LogP contribution is -2.38. The number of rotatable bonds is 7. The van der Waals surface area contributed by atoms with Crippen molar-refractivity contribution in [1.82, 2.24) is 20.0 Å². The number of nitrogens with zero attached hydrogens (tertiary/aromatic N) is 4. The lowest BCUT2D eigenvalue weighted by atomic mass is 10.1. The Morgan fingerprint density at radius 1 is 0.889 bits per heavy atom. The van der Waals surface area contributed by atoms with Crippen LogP contribution in [0.4, 0.5) is 0 Å².